The molecule has 1 aromatic carbocycles. The molecule has 0 aliphatic heterocycles. The predicted molar refractivity (Wildman–Crippen MR) is 107 cm³/mol. The first kappa shape index (κ1) is 18.6. The second-order valence-electron chi connectivity index (χ2n) is 6.49. The second-order valence-corrected chi connectivity index (χ2v) is 7.74. The van der Waals surface area contributed by atoms with Crippen LogP contribution in [0.15, 0.2) is 36.5 Å². The Morgan fingerprint density at radius 1 is 1.35 bits per heavy atom. The number of halogens is 1. The van der Waals surface area contributed by atoms with Crippen LogP contribution in [0.1, 0.15) is 22.9 Å². The van der Waals surface area contributed by atoms with Gasteiger partial charge in [-0.15, -0.1) is 11.3 Å². The van der Waals surface area contributed by atoms with Crippen molar-refractivity contribution in [1.82, 2.24) is 9.78 Å². The largest absolute Gasteiger partial charge is 0.373 e. The van der Waals surface area contributed by atoms with Gasteiger partial charge in [-0.3, -0.25) is 4.68 Å². The summed E-state index contributed by atoms with van der Waals surface area (Å²) in [5.41, 5.74) is 10.5. The Kier molecular flexibility index (Phi) is 5.74. The van der Waals surface area contributed by atoms with E-state index in [2.05, 4.69) is 30.3 Å². The third-order valence-electron chi connectivity index (χ3n) is 4.57. The maximum atomic E-state index is 13.4. The summed E-state index contributed by atoms with van der Waals surface area (Å²) in [6.45, 7) is 4.75. The lowest BCUT2D eigenvalue weighted by Gasteiger charge is -2.17. The average molecular weight is 373 g/mol. The van der Waals surface area contributed by atoms with E-state index in [1.807, 2.05) is 24.0 Å². The van der Waals surface area contributed by atoms with Crippen LogP contribution in [0, 0.1) is 12.7 Å². The van der Waals surface area contributed by atoms with Crippen LogP contribution >= 0.6 is 11.3 Å². The highest BCUT2D eigenvalue weighted by atomic mass is 32.1. The van der Waals surface area contributed by atoms with E-state index in [4.69, 9.17) is 5.73 Å². The van der Waals surface area contributed by atoms with Crippen LogP contribution in [0.4, 0.5) is 9.39 Å². The fraction of sp³-hybridized carbons (Fsp3) is 0.350. The van der Waals surface area contributed by atoms with Crippen molar-refractivity contribution in [2.24, 2.45) is 12.8 Å². The Balaban J connectivity index is 1.80. The highest BCUT2D eigenvalue weighted by molar-refractivity contribution is 7.16. The van der Waals surface area contributed by atoms with E-state index in [-0.39, 0.29) is 11.9 Å². The molecule has 0 spiro atoms. The van der Waals surface area contributed by atoms with Gasteiger partial charge in [0.2, 0.25) is 0 Å². The molecule has 0 saturated carbocycles. The molecule has 0 fully saturated rings. The van der Waals surface area contributed by atoms with E-state index in [1.165, 1.54) is 27.8 Å². The van der Waals surface area contributed by atoms with Crippen molar-refractivity contribution < 1.29 is 4.39 Å². The van der Waals surface area contributed by atoms with Crippen molar-refractivity contribution in [1.29, 1.82) is 0 Å². The van der Waals surface area contributed by atoms with Crippen LogP contribution in [0.25, 0.3) is 11.3 Å². The smallest absolute Gasteiger partial charge is 0.123 e. The lowest BCUT2D eigenvalue weighted by atomic mass is 10.1. The third kappa shape index (κ3) is 3.97. The minimum Gasteiger partial charge on any atom is -0.373 e. The van der Waals surface area contributed by atoms with Crippen LogP contribution in [-0.2, 0) is 19.9 Å². The molecule has 6 heteroatoms. The molecular formula is C20H25FN4S. The van der Waals surface area contributed by atoms with Gasteiger partial charge in [-0.1, -0.05) is 19.1 Å². The minimum absolute atomic E-state index is 0.0554. The molecule has 3 aromatic rings. The van der Waals surface area contributed by atoms with Crippen molar-refractivity contribution >= 4 is 16.3 Å². The molecule has 0 saturated heterocycles. The Labute approximate surface area is 157 Å². The number of hydrogen-bond acceptors (Lipinski definition) is 4. The zero-order valence-electron chi connectivity index (χ0n) is 15.4. The van der Waals surface area contributed by atoms with Crippen LogP contribution in [0.3, 0.4) is 0 Å². The fourth-order valence-corrected chi connectivity index (χ4v) is 4.22. The standard InChI is InChI=1S/C20H25FN4S/c1-4-15-12-23-25(3)20(15)18-10-19(26-13(18)2)24-17(11-22)9-14-6-5-7-16(21)8-14/h5-8,10,12,17,24H,4,9,11,22H2,1-3H3/t17-/m0/s1. The molecule has 0 radical (unpaired) electrons. The van der Waals surface area contributed by atoms with E-state index in [0.717, 1.165) is 17.0 Å². The van der Waals surface area contributed by atoms with Crippen LogP contribution in [0.5, 0.6) is 0 Å². The van der Waals surface area contributed by atoms with Crippen LogP contribution < -0.4 is 11.1 Å². The zero-order valence-corrected chi connectivity index (χ0v) is 16.2. The molecule has 26 heavy (non-hydrogen) atoms. The fourth-order valence-electron chi connectivity index (χ4n) is 3.22. The first-order valence-corrected chi connectivity index (χ1v) is 9.66. The first-order chi connectivity index (χ1) is 12.5. The molecule has 4 nitrogen and oxygen atoms in total. The Bertz CT molecular complexity index is 884. The summed E-state index contributed by atoms with van der Waals surface area (Å²) in [5.74, 6) is -0.212. The van der Waals surface area contributed by atoms with Gasteiger partial charge in [-0.05, 0) is 49.1 Å². The molecule has 0 aliphatic rings. The zero-order chi connectivity index (χ0) is 18.7. The number of nitrogens with zero attached hydrogens (tertiary/aromatic N) is 2. The molecule has 1 atom stereocenters. The highest BCUT2D eigenvalue weighted by Gasteiger charge is 2.17. The monoisotopic (exact) mass is 372 g/mol. The van der Waals surface area contributed by atoms with Gasteiger partial charge in [-0.25, -0.2) is 4.39 Å². The third-order valence-corrected chi connectivity index (χ3v) is 5.55. The van der Waals surface area contributed by atoms with Crippen LogP contribution in [-0.4, -0.2) is 22.4 Å². The quantitative estimate of drug-likeness (QED) is 0.655. The SMILES string of the molecule is CCc1cnn(C)c1-c1cc(N[C@H](CN)Cc2cccc(F)c2)sc1C. The van der Waals surface area contributed by atoms with Gasteiger partial charge in [0.1, 0.15) is 5.82 Å². The van der Waals surface area contributed by atoms with Gasteiger partial charge in [-0.2, -0.15) is 5.10 Å². The molecule has 3 N–H and O–H groups in total. The first-order valence-electron chi connectivity index (χ1n) is 8.84. The van der Waals surface area contributed by atoms with E-state index in [9.17, 15) is 4.39 Å². The summed E-state index contributed by atoms with van der Waals surface area (Å²) >= 11 is 1.72. The van der Waals surface area contributed by atoms with Gasteiger partial charge in [0.25, 0.3) is 0 Å². The molecule has 3 rings (SSSR count). The molecule has 2 heterocycles. The topological polar surface area (TPSA) is 55.9 Å². The number of rotatable bonds is 7. The maximum Gasteiger partial charge on any atom is 0.123 e. The van der Waals surface area contributed by atoms with Crippen molar-refractivity contribution in [2.75, 3.05) is 11.9 Å². The summed E-state index contributed by atoms with van der Waals surface area (Å²) in [7, 11) is 1.98. The van der Waals surface area contributed by atoms with E-state index in [1.54, 1.807) is 23.5 Å². The number of nitrogens with two attached hydrogens (primary N) is 1. The van der Waals surface area contributed by atoms with Gasteiger partial charge in [0.15, 0.2) is 0 Å². The second kappa shape index (κ2) is 8.01. The van der Waals surface area contributed by atoms with Crippen molar-refractivity contribution in [3.05, 3.63) is 58.3 Å². The van der Waals surface area contributed by atoms with Crippen molar-refractivity contribution in [2.45, 2.75) is 32.7 Å². The molecule has 0 amide bonds. The summed E-state index contributed by atoms with van der Waals surface area (Å²) in [6, 6.07) is 8.92. The number of aromatic nitrogens is 2. The van der Waals surface area contributed by atoms with Gasteiger partial charge in [0.05, 0.1) is 16.9 Å². The lowest BCUT2D eigenvalue weighted by molar-refractivity contribution is 0.622. The number of hydrogen-bond donors (Lipinski definition) is 2. The number of thiophene rings is 1. The van der Waals surface area contributed by atoms with Gasteiger partial charge >= 0.3 is 0 Å². The Morgan fingerprint density at radius 3 is 2.85 bits per heavy atom. The van der Waals surface area contributed by atoms with Gasteiger partial charge < -0.3 is 11.1 Å². The van der Waals surface area contributed by atoms with Crippen molar-refractivity contribution in [3.63, 3.8) is 0 Å². The van der Waals surface area contributed by atoms with Gasteiger partial charge in [0, 0.05) is 30.1 Å². The summed E-state index contributed by atoms with van der Waals surface area (Å²) in [4.78, 5) is 1.24. The average Bonchev–Trinajstić information content (AvgIpc) is 3.16. The molecule has 0 unspecified atom stereocenters. The number of anilines is 1. The minimum atomic E-state index is -0.212. The molecule has 2 aromatic heterocycles. The van der Waals surface area contributed by atoms with E-state index in [0.29, 0.717) is 13.0 Å². The van der Waals surface area contributed by atoms with Crippen LogP contribution in [0.2, 0.25) is 0 Å². The molecule has 0 aliphatic carbocycles. The number of benzene rings is 1. The van der Waals surface area contributed by atoms with E-state index >= 15 is 0 Å². The number of aryl methyl sites for hydroxylation is 3. The summed E-state index contributed by atoms with van der Waals surface area (Å²) in [5, 5.41) is 9.00. The summed E-state index contributed by atoms with van der Waals surface area (Å²) < 4.78 is 15.3. The molecular weight excluding hydrogens is 347 g/mol. The molecule has 0 bridgehead atoms. The van der Waals surface area contributed by atoms with E-state index < -0.39 is 0 Å². The van der Waals surface area contributed by atoms with Crippen molar-refractivity contribution in [3.8, 4) is 11.3 Å². The normalized spacial score (nSPS) is 12.3. The highest BCUT2D eigenvalue weighted by Crippen LogP contribution is 2.36. The Hall–Kier alpha value is -2.18. The lowest BCUT2D eigenvalue weighted by Crippen LogP contribution is -2.30. The predicted octanol–water partition coefficient (Wildman–Crippen LogP) is 4.14. The summed E-state index contributed by atoms with van der Waals surface area (Å²) in [6.07, 6.45) is 3.57. The Morgan fingerprint density at radius 2 is 2.15 bits per heavy atom. The molecule has 138 valence electrons. The maximum absolute atomic E-state index is 13.4. The number of nitrogens with one attached hydrogen (secondary N) is 1.